The van der Waals surface area contributed by atoms with Crippen molar-refractivity contribution in [2.75, 3.05) is 31.1 Å². The number of hydrogen-bond donors (Lipinski definition) is 1. The number of rotatable bonds is 9. The molecule has 204 valence electrons. The van der Waals surface area contributed by atoms with E-state index in [0.29, 0.717) is 34.3 Å². The third kappa shape index (κ3) is 5.29. The number of benzene rings is 2. The zero-order valence-corrected chi connectivity index (χ0v) is 23.3. The summed E-state index contributed by atoms with van der Waals surface area (Å²) in [5.41, 5.74) is 2.50. The first-order chi connectivity index (χ1) is 17.9. The molecule has 11 heteroatoms. The van der Waals surface area contributed by atoms with E-state index < -0.39 is 30.0 Å². The highest BCUT2D eigenvalue weighted by Gasteiger charge is 2.31. The van der Waals surface area contributed by atoms with Crippen LogP contribution in [0.3, 0.4) is 0 Å². The van der Waals surface area contributed by atoms with Crippen LogP contribution in [0.25, 0.3) is 5.57 Å². The summed E-state index contributed by atoms with van der Waals surface area (Å²) in [6.07, 6.45) is 5.77. The lowest BCUT2D eigenvalue weighted by atomic mass is 9.86. The fraction of sp³-hybridized carbons (Fsp3) is 0.333. The Morgan fingerprint density at radius 1 is 0.921 bits per heavy atom. The molecule has 1 atom stereocenters. The van der Waals surface area contributed by atoms with Gasteiger partial charge in [-0.3, -0.25) is 9.45 Å². The van der Waals surface area contributed by atoms with Gasteiger partial charge in [0.1, 0.15) is 21.6 Å². The van der Waals surface area contributed by atoms with Gasteiger partial charge in [-0.2, -0.15) is 8.42 Å². The van der Waals surface area contributed by atoms with Crippen molar-refractivity contribution in [1.82, 2.24) is 4.90 Å². The van der Waals surface area contributed by atoms with E-state index in [1.807, 2.05) is 50.3 Å². The molecule has 1 unspecified atom stereocenters. The molecule has 1 aliphatic heterocycles. The summed E-state index contributed by atoms with van der Waals surface area (Å²) >= 11 is 0. The van der Waals surface area contributed by atoms with E-state index in [0.717, 1.165) is 37.9 Å². The van der Waals surface area contributed by atoms with E-state index >= 15 is 0 Å². The van der Waals surface area contributed by atoms with Crippen molar-refractivity contribution >= 4 is 31.5 Å². The van der Waals surface area contributed by atoms with Crippen molar-refractivity contribution in [2.24, 2.45) is 0 Å². The molecule has 1 heterocycles. The SMILES string of the molecule is CCN(CC)c1ccc2c(c1)OC1=CC(N(CC)CC)C=CC1=C2c1ccc(S(=O)(=O)O)cc1S(=O)(=O)[O-]. The van der Waals surface area contributed by atoms with E-state index in [-0.39, 0.29) is 11.6 Å². The third-order valence-corrected chi connectivity index (χ3v) is 8.65. The fourth-order valence-electron chi connectivity index (χ4n) is 4.96. The Kier molecular flexibility index (Phi) is 7.87. The monoisotopic (exact) mass is 559 g/mol. The van der Waals surface area contributed by atoms with E-state index in [4.69, 9.17) is 4.74 Å². The molecule has 2 aromatic carbocycles. The minimum Gasteiger partial charge on any atom is -0.744 e. The predicted octanol–water partition coefficient (Wildman–Crippen LogP) is 4.04. The summed E-state index contributed by atoms with van der Waals surface area (Å²) in [6, 6.07) is 8.56. The molecule has 1 aliphatic carbocycles. The minimum absolute atomic E-state index is 0.0272. The summed E-state index contributed by atoms with van der Waals surface area (Å²) in [5.74, 6) is 0.998. The average Bonchev–Trinajstić information content (AvgIpc) is 2.87. The second kappa shape index (κ2) is 10.7. The van der Waals surface area contributed by atoms with Gasteiger partial charge in [-0.25, -0.2) is 8.42 Å². The lowest BCUT2D eigenvalue weighted by molar-refractivity contribution is 0.281. The van der Waals surface area contributed by atoms with Crippen LogP contribution in [-0.2, 0) is 20.2 Å². The van der Waals surface area contributed by atoms with Crippen molar-refractivity contribution in [3.05, 3.63) is 77.1 Å². The van der Waals surface area contributed by atoms with Gasteiger partial charge in [-0.15, -0.1) is 0 Å². The molecule has 0 amide bonds. The van der Waals surface area contributed by atoms with Gasteiger partial charge in [0.2, 0.25) is 0 Å². The molecular weight excluding hydrogens is 528 g/mol. The first kappa shape index (κ1) is 28.1. The molecular formula is C27H31N2O7S2-. The molecule has 0 bridgehead atoms. The predicted molar refractivity (Wildman–Crippen MR) is 145 cm³/mol. The van der Waals surface area contributed by atoms with Crippen LogP contribution in [0.15, 0.2) is 75.7 Å². The smallest absolute Gasteiger partial charge is 0.294 e. The number of hydrogen-bond acceptors (Lipinski definition) is 8. The molecule has 0 saturated heterocycles. The van der Waals surface area contributed by atoms with Gasteiger partial charge >= 0.3 is 0 Å². The van der Waals surface area contributed by atoms with Crippen molar-refractivity contribution in [1.29, 1.82) is 0 Å². The van der Waals surface area contributed by atoms with Crippen LogP contribution in [0.1, 0.15) is 38.8 Å². The summed E-state index contributed by atoms with van der Waals surface area (Å²) in [6.45, 7) is 11.4. The van der Waals surface area contributed by atoms with Crippen molar-refractivity contribution in [3.8, 4) is 5.75 Å². The van der Waals surface area contributed by atoms with Crippen LogP contribution in [-0.4, -0.2) is 63.1 Å². The van der Waals surface area contributed by atoms with Crippen LogP contribution in [0.4, 0.5) is 5.69 Å². The third-order valence-electron chi connectivity index (χ3n) is 6.92. The Hall–Kier alpha value is -2.96. The van der Waals surface area contributed by atoms with Crippen LogP contribution >= 0.6 is 0 Å². The number of likely N-dealkylation sites (N-methyl/N-ethyl adjacent to an activating group) is 1. The van der Waals surface area contributed by atoms with Crippen LogP contribution in [0, 0.1) is 0 Å². The zero-order chi connectivity index (χ0) is 27.8. The second-order valence-electron chi connectivity index (χ2n) is 8.93. The Bertz CT molecular complexity index is 1550. The Morgan fingerprint density at radius 3 is 2.16 bits per heavy atom. The second-order valence-corrected chi connectivity index (χ2v) is 11.7. The van der Waals surface area contributed by atoms with Crippen molar-refractivity contribution in [3.63, 3.8) is 0 Å². The van der Waals surface area contributed by atoms with Crippen LogP contribution in [0.2, 0.25) is 0 Å². The molecule has 38 heavy (non-hydrogen) atoms. The molecule has 0 radical (unpaired) electrons. The highest BCUT2D eigenvalue weighted by Crippen LogP contribution is 2.46. The summed E-state index contributed by atoms with van der Waals surface area (Å²) in [7, 11) is -9.87. The molecule has 1 N–H and O–H groups in total. The number of fused-ring (bicyclic) bond motifs is 2. The van der Waals surface area contributed by atoms with Gasteiger partial charge in [0.15, 0.2) is 0 Å². The standard InChI is InChI=1S/C27H32N2O7S2/c1-5-28(6-2)18-9-12-21-24(15-18)36-25-16-19(29(7-3)8-4)10-13-22(25)27(21)23-14-11-20(37(30,31)32)17-26(23)38(33,34)35/h9-18H,5-8H2,1-4H3,(H,30,31,32)(H,33,34,35)/p-1. The van der Waals surface area contributed by atoms with Gasteiger partial charge in [0, 0.05) is 47.1 Å². The first-order valence-electron chi connectivity index (χ1n) is 12.5. The maximum atomic E-state index is 12.4. The maximum absolute atomic E-state index is 12.4. The number of nitrogens with zero attached hydrogens (tertiary/aromatic N) is 2. The quantitative estimate of drug-likeness (QED) is 0.453. The topological polar surface area (TPSA) is 127 Å². The number of ether oxygens (including phenoxy) is 1. The molecule has 2 aliphatic rings. The molecule has 0 fully saturated rings. The van der Waals surface area contributed by atoms with Gasteiger partial charge in [-0.1, -0.05) is 32.1 Å². The molecule has 0 aromatic heterocycles. The fourth-order valence-corrected chi connectivity index (χ4v) is 6.26. The zero-order valence-electron chi connectivity index (χ0n) is 21.7. The summed E-state index contributed by atoms with van der Waals surface area (Å²) < 4.78 is 76.4. The lowest BCUT2D eigenvalue weighted by Crippen LogP contribution is -2.34. The van der Waals surface area contributed by atoms with Crippen molar-refractivity contribution in [2.45, 2.75) is 43.5 Å². The van der Waals surface area contributed by atoms with Gasteiger partial charge in [-0.05, 0) is 57.3 Å². The highest BCUT2D eigenvalue weighted by molar-refractivity contribution is 7.86. The lowest BCUT2D eigenvalue weighted by Gasteiger charge is -2.33. The van der Waals surface area contributed by atoms with Gasteiger partial charge < -0.3 is 14.2 Å². The Labute approximate surface area is 224 Å². The normalized spacial score (nSPS) is 17.1. The summed E-state index contributed by atoms with van der Waals surface area (Å²) in [5, 5.41) is 0. The molecule has 4 rings (SSSR count). The first-order valence-corrected chi connectivity index (χ1v) is 15.3. The van der Waals surface area contributed by atoms with Gasteiger partial charge in [0.05, 0.1) is 15.8 Å². The van der Waals surface area contributed by atoms with E-state index in [2.05, 4.69) is 23.6 Å². The largest absolute Gasteiger partial charge is 0.744 e. The minimum atomic E-state index is -5.13. The Balaban J connectivity index is 2.03. The van der Waals surface area contributed by atoms with Gasteiger partial charge in [0.25, 0.3) is 10.1 Å². The van der Waals surface area contributed by atoms with E-state index in [1.54, 1.807) is 0 Å². The number of anilines is 1. The van der Waals surface area contributed by atoms with Crippen LogP contribution < -0.4 is 9.64 Å². The molecule has 0 spiro atoms. The molecule has 2 aromatic rings. The van der Waals surface area contributed by atoms with Crippen molar-refractivity contribution < 1.29 is 30.7 Å². The highest BCUT2D eigenvalue weighted by atomic mass is 32.2. The number of allylic oxidation sites excluding steroid dienone is 1. The Morgan fingerprint density at radius 2 is 1.58 bits per heavy atom. The average molecular weight is 560 g/mol. The van der Waals surface area contributed by atoms with Crippen LogP contribution in [0.5, 0.6) is 5.75 Å². The van der Waals surface area contributed by atoms with E-state index in [9.17, 15) is 25.9 Å². The molecule has 0 saturated carbocycles. The van der Waals surface area contributed by atoms with E-state index in [1.165, 1.54) is 6.07 Å². The molecule has 9 nitrogen and oxygen atoms in total. The summed E-state index contributed by atoms with van der Waals surface area (Å²) in [4.78, 5) is 2.95. The maximum Gasteiger partial charge on any atom is 0.294 e.